The van der Waals surface area contributed by atoms with Crippen molar-refractivity contribution in [3.8, 4) is 5.75 Å². The van der Waals surface area contributed by atoms with Crippen molar-refractivity contribution in [2.24, 2.45) is 0 Å². The highest BCUT2D eigenvalue weighted by Gasteiger charge is 2.17. The highest BCUT2D eigenvalue weighted by atomic mass is 31.0. The molecule has 1 atom stereocenters. The average Bonchev–Trinajstić information content (AvgIpc) is 2.18. The van der Waals surface area contributed by atoms with Crippen molar-refractivity contribution in [3.05, 3.63) is 29.8 Å². The molecule has 0 N–H and O–H groups in total. The van der Waals surface area contributed by atoms with Gasteiger partial charge in [0.05, 0.1) is 9.47 Å². The highest BCUT2D eigenvalue weighted by molar-refractivity contribution is 7.10. The van der Waals surface area contributed by atoms with Gasteiger partial charge in [0.1, 0.15) is 5.75 Å². The largest absolute Gasteiger partial charge is 0.480 e. The van der Waals surface area contributed by atoms with Gasteiger partial charge in [-0.3, -0.25) is 0 Å². The molecule has 0 spiro atoms. The van der Waals surface area contributed by atoms with Crippen molar-refractivity contribution in [1.82, 2.24) is 0 Å². The molecule has 0 bridgehead atoms. The molecule has 0 heterocycles. The molecule has 1 aromatic rings. The molecule has 0 fully saturated rings. The third-order valence-corrected chi connectivity index (χ3v) is 2.93. The molecule has 72 valence electrons. The van der Waals surface area contributed by atoms with Crippen LogP contribution in [0.3, 0.4) is 0 Å². The summed E-state index contributed by atoms with van der Waals surface area (Å²) in [7, 11) is 2.25. The van der Waals surface area contributed by atoms with Gasteiger partial charge in [-0.1, -0.05) is 32.9 Å². The fourth-order valence-corrected chi connectivity index (χ4v) is 1.35. The zero-order valence-electron chi connectivity index (χ0n) is 8.50. The van der Waals surface area contributed by atoms with Gasteiger partial charge in [-0.25, -0.2) is 0 Å². The standard InChI is InChI=1S/C11H17OP/c1-4-11(2,3)9-5-7-10(12-13)8-6-9/h5-8H,4,13H2,1-3H3. The normalized spacial score (nSPS) is 11.4. The van der Waals surface area contributed by atoms with E-state index in [1.165, 1.54) is 5.56 Å². The van der Waals surface area contributed by atoms with Gasteiger partial charge < -0.3 is 4.52 Å². The van der Waals surface area contributed by atoms with Crippen LogP contribution in [0.2, 0.25) is 0 Å². The number of rotatable bonds is 3. The molecule has 1 nitrogen and oxygen atoms in total. The maximum atomic E-state index is 5.03. The van der Waals surface area contributed by atoms with Gasteiger partial charge in [-0.15, -0.1) is 0 Å². The summed E-state index contributed by atoms with van der Waals surface area (Å²) >= 11 is 0. The van der Waals surface area contributed by atoms with Crippen LogP contribution < -0.4 is 4.52 Å². The summed E-state index contributed by atoms with van der Waals surface area (Å²) in [6.45, 7) is 6.72. The quantitative estimate of drug-likeness (QED) is 0.672. The van der Waals surface area contributed by atoms with Crippen LogP contribution in [0.5, 0.6) is 5.75 Å². The van der Waals surface area contributed by atoms with E-state index in [0.29, 0.717) is 0 Å². The van der Waals surface area contributed by atoms with Crippen LogP contribution >= 0.6 is 9.47 Å². The molecule has 0 saturated heterocycles. The Morgan fingerprint density at radius 1 is 1.23 bits per heavy atom. The summed E-state index contributed by atoms with van der Waals surface area (Å²) in [6.07, 6.45) is 1.15. The molecule has 0 aromatic heterocycles. The van der Waals surface area contributed by atoms with E-state index in [1.54, 1.807) is 0 Å². The molecule has 13 heavy (non-hydrogen) atoms. The molecule has 0 saturated carbocycles. The van der Waals surface area contributed by atoms with E-state index in [9.17, 15) is 0 Å². The van der Waals surface area contributed by atoms with Gasteiger partial charge in [-0.2, -0.15) is 0 Å². The van der Waals surface area contributed by atoms with Crippen molar-refractivity contribution >= 4 is 9.47 Å². The van der Waals surface area contributed by atoms with E-state index in [2.05, 4.69) is 42.4 Å². The lowest BCUT2D eigenvalue weighted by atomic mass is 9.82. The van der Waals surface area contributed by atoms with Crippen molar-refractivity contribution in [2.45, 2.75) is 32.6 Å². The Morgan fingerprint density at radius 2 is 1.77 bits per heavy atom. The van der Waals surface area contributed by atoms with Crippen molar-refractivity contribution in [1.29, 1.82) is 0 Å². The summed E-state index contributed by atoms with van der Waals surface area (Å²) in [5.74, 6) is 0.889. The lowest BCUT2D eigenvalue weighted by Crippen LogP contribution is -2.14. The van der Waals surface area contributed by atoms with Gasteiger partial charge in [0.2, 0.25) is 0 Å². The second kappa shape index (κ2) is 4.11. The molecular weight excluding hydrogens is 179 g/mol. The summed E-state index contributed by atoms with van der Waals surface area (Å²) in [4.78, 5) is 0. The molecule has 1 aromatic carbocycles. The average molecular weight is 196 g/mol. The molecular formula is C11H17OP. The van der Waals surface area contributed by atoms with Crippen LogP contribution in [-0.2, 0) is 5.41 Å². The summed E-state index contributed by atoms with van der Waals surface area (Å²) in [5.41, 5.74) is 1.63. The molecule has 1 rings (SSSR count). The summed E-state index contributed by atoms with van der Waals surface area (Å²) < 4.78 is 5.03. The Kier molecular flexibility index (Phi) is 3.33. The fraction of sp³-hybridized carbons (Fsp3) is 0.455. The van der Waals surface area contributed by atoms with Gasteiger partial charge in [0.25, 0.3) is 0 Å². The Labute approximate surface area is 82.8 Å². The molecule has 0 amide bonds. The van der Waals surface area contributed by atoms with Crippen LogP contribution in [0.4, 0.5) is 0 Å². The lowest BCUT2D eigenvalue weighted by Gasteiger charge is -2.23. The predicted octanol–water partition coefficient (Wildman–Crippen LogP) is 3.54. The van der Waals surface area contributed by atoms with Crippen molar-refractivity contribution in [3.63, 3.8) is 0 Å². The van der Waals surface area contributed by atoms with E-state index in [1.807, 2.05) is 12.1 Å². The fourth-order valence-electron chi connectivity index (χ4n) is 1.19. The van der Waals surface area contributed by atoms with Gasteiger partial charge in [-0.05, 0) is 29.5 Å². The molecule has 2 heteroatoms. The first-order valence-corrected chi connectivity index (χ1v) is 5.04. The first-order chi connectivity index (χ1) is 6.10. The van der Waals surface area contributed by atoms with E-state index in [0.717, 1.165) is 12.2 Å². The molecule has 0 aliphatic rings. The Hall–Kier alpha value is -0.550. The number of hydrogen-bond acceptors (Lipinski definition) is 1. The van der Waals surface area contributed by atoms with Crippen molar-refractivity contribution in [2.75, 3.05) is 0 Å². The maximum Gasteiger partial charge on any atom is 0.122 e. The number of hydrogen-bond donors (Lipinski definition) is 0. The van der Waals surface area contributed by atoms with E-state index < -0.39 is 0 Å². The summed E-state index contributed by atoms with van der Waals surface area (Å²) in [6, 6.07) is 8.26. The van der Waals surface area contributed by atoms with Gasteiger partial charge in [0, 0.05) is 0 Å². The van der Waals surface area contributed by atoms with Crippen LogP contribution in [0, 0.1) is 0 Å². The maximum absolute atomic E-state index is 5.03. The minimum absolute atomic E-state index is 0.263. The Bertz CT molecular complexity index is 264. The molecule has 1 unspecified atom stereocenters. The highest BCUT2D eigenvalue weighted by Crippen LogP contribution is 2.28. The van der Waals surface area contributed by atoms with Crippen LogP contribution in [0.25, 0.3) is 0 Å². The smallest absolute Gasteiger partial charge is 0.122 e. The van der Waals surface area contributed by atoms with Gasteiger partial charge >= 0.3 is 0 Å². The minimum atomic E-state index is 0.263. The zero-order chi connectivity index (χ0) is 9.90. The van der Waals surface area contributed by atoms with E-state index in [4.69, 9.17) is 4.52 Å². The Balaban J connectivity index is 2.92. The van der Waals surface area contributed by atoms with Crippen LogP contribution in [0.1, 0.15) is 32.8 Å². The predicted molar refractivity (Wildman–Crippen MR) is 60.1 cm³/mol. The SMILES string of the molecule is CCC(C)(C)c1ccc(OP)cc1. The monoisotopic (exact) mass is 196 g/mol. The second-order valence-electron chi connectivity index (χ2n) is 3.88. The van der Waals surface area contributed by atoms with Crippen LogP contribution in [-0.4, -0.2) is 0 Å². The molecule has 0 aliphatic heterocycles. The Morgan fingerprint density at radius 3 is 2.15 bits per heavy atom. The zero-order valence-corrected chi connectivity index (χ0v) is 9.66. The lowest BCUT2D eigenvalue weighted by molar-refractivity contribution is 0.505. The summed E-state index contributed by atoms with van der Waals surface area (Å²) in [5, 5.41) is 0. The topological polar surface area (TPSA) is 9.23 Å². The first-order valence-electron chi connectivity index (χ1n) is 4.57. The molecule has 0 aliphatic carbocycles. The van der Waals surface area contributed by atoms with Crippen molar-refractivity contribution < 1.29 is 4.52 Å². The van der Waals surface area contributed by atoms with Crippen LogP contribution in [0.15, 0.2) is 24.3 Å². The first kappa shape index (κ1) is 10.5. The number of benzene rings is 1. The second-order valence-corrected chi connectivity index (χ2v) is 4.12. The third-order valence-electron chi connectivity index (χ3n) is 2.66. The van der Waals surface area contributed by atoms with E-state index >= 15 is 0 Å². The van der Waals surface area contributed by atoms with Gasteiger partial charge in [0.15, 0.2) is 0 Å². The molecule has 0 radical (unpaired) electrons. The van der Waals surface area contributed by atoms with E-state index in [-0.39, 0.29) is 5.41 Å². The minimum Gasteiger partial charge on any atom is -0.480 e. The third kappa shape index (κ3) is 2.45.